The number of hydrogen-bond acceptors (Lipinski definition) is 5. The molecule has 1 saturated heterocycles. The highest BCUT2D eigenvalue weighted by molar-refractivity contribution is 5.94. The van der Waals surface area contributed by atoms with Crippen LogP contribution in [0.2, 0.25) is 0 Å². The van der Waals surface area contributed by atoms with Crippen molar-refractivity contribution >= 4 is 23.7 Å². The van der Waals surface area contributed by atoms with Crippen LogP contribution in [0, 0.1) is 17.8 Å². The lowest BCUT2D eigenvalue weighted by Gasteiger charge is -2.31. The monoisotopic (exact) mass is 454 g/mol. The van der Waals surface area contributed by atoms with Crippen molar-refractivity contribution in [1.29, 1.82) is 0 Å². The molecule has 32 heavy (non-hydrogen) atoms. The summed E-state index contributed by atoms with van der Waals surface area (Å²) >= 11 is 0. The molecule has 3 amide bonds. The first kappa shape index (κ1) is 27.9. The van der Waals surface area contributed by atoms with Crippen LogP contribution in [0.4, 0.5) is 0 Å². The van der Waals surface area contributed by atoms with E-state index in [4.69, 9.17) is 5.73 Å². The average molecular weight is 455 g/mol. The van der Waals surface area contributed by atoms with Gasteiger partial charge in [-0.1, -0.05) is 54.4 Å². The third-order valence-electron chi connectivity index (χ3n) is 6.45. The van der Waals surface area contributed by atoms with Crippen molar-refractivity contribution in [2.24, 2.45) is 23.5 Å². The third-order valence-corrected chi connectivity index (χ3v) is 6.45. The molecule has 1 heterocycles. The number of carboxylic acids is 1. The lowest BCUT2D eigenvalue weighted by molar-refractivity contribution is -0.144. The molecule has 0 aromatic rings. The van der Waals surface area contributed by atoms with E-state index in [2.05, 4.69) is 10.6 Å². The summed E-state index contributed by atoms with van der Waals surface area (Å²) in [4.78, 5) is 52.1. The molecule has 1 fully saturated rings. The van der Waals surface area contributed by atoms with Crippen LogP contribution in [-0.4, -0.2) is 64.4 Å². The number of nitrogens with zero attached hydrogens (tertiary/aromatic N) is 1. The number of carbonyl (C=O) groups is 4. The number of rotatable bonds is 12. The van der Waals surface area contributed by atoms with Gasteiger partial charge in [-0.15, -0.1) is 0 Å². The topological polar surface area (TPSA) is 142 Å². The molecular weight excluding hydrogens is 412 g/mol. The molecule has 0 aliphatic carbocycles. The van der Waals surface area contributed by atoms with Crippen molar-refractivity contribution in [2.45, 2.75) is 97.8 Å². The van der Waals surface area contributed by atoms with Crippen LogP contribution in [-0.2, 0) is 19.2 Å². The Kier molecular flexibility index (Phi) is 11.1. The Morgan fingerprint density at radius 3 is 2.06 bits per heavy atom. The van der Waals surface area contributed by atoms with Crippen LogP contribution in [0.3, 0.4) is 0 Å². The van der Waals surface area contributed by atoms with Crippen molar-refractivity contribution in [1.82, 2.24) is 15.5 Å². The molecule has 6 atom stereocenters. The van der Waals surface area contributed by atoms with E-state index in [1.807, 2.05) is 34.6 Å². The molecule has 9 heteroatoms. The predicted octanol–water partition coefficient (Wildman–Crippen LogP) is 1.50. The minimum absolute atomic E-state index is 0.209. The molecule has 1 aliphatic heterocycles. The van der Waals surface area contributed by atoms with E-state index in [0.29, 0.717) is 38.6 Å². The van der Waals surface area contributed by atoms with Gasteiger partial charge in [-0.05, 0) is 37.0 Å². The molecule has 1 aliphatic rings. The van der Waals surface area contributed by atoms with Gasteiger partial charge in [0, 0.05) is 6.54 Å². The first-order valence-electron chi connectivity index (χ1n) is 11.8. The van der Waals surface area contributed by atoms with Gasteiger partial charge in [0.05, 0.1) is 6.04 Å². The second-order valence-electron chi connectivity index (χ2n) is 9.51. The fraction of sp³-hybridized carbons (Fsp3) is 0.826. The lowest BCUT2D eigenvalue weighted by atomic mass is 9.95. The number of likely N-dealkylation sites (tertiary alicyclic amines) is 1. The highest BCUT2D eigenvalue weighted by Gasteiger charge is 2.39. The Morgan fingerprint density at radius 2 is 1.56 bits per heavy atom. The largest absolute Gasteiger partial charge is 0.480 e. The van der Waals surface area contributed by atoms with E-state index in [1.165, 1.54) is 4.90 Å². The van der Waals surface area contributed by atoms with E-state index in [1.54, 1.807) is 6.92 Å². The summed E-state index contributed by atoms with van der Waals surface area (Å²) in [6.07, 6.45) is 2.94. The van der Waals surface area contributed by atoms with Crippen LogP contribution < -0.4 is 16.4 Å². The molecule has 0 aromatic heterocycles. The van der Waals surface area contributed by atoms with E-state index >= 15 is 0 Å². The Morgan fingerprint density at radius 1 is 1.00 bits per heavy atom. The first-order chi connectivity index (χ1) is 14.9. The van der Waals surface area contributed by atoms with Crippen LogP contribution in [0.15, 0.2) is 0 Å². The number of carbonyl (C=O) groups excluding carboxylic acids is 3. The first-order valence-corrected chi connectivity index (χ1v) is 11.8. The standard InChI is InChI=1S/C23H42N4O5/c1-7-14(5)18(21(29)26-19(23(31)32)15(6)8-2)25-20(28)17-10-9-11-27(17)22(30)16(24)12-13(3)4/h13-19H,7-12,24H2,1-6H3,(H,25,28)(H,26,29)(H,31,32). The summed E-state index contributed by atoms with van der Waals surface area (Å²) < 4.78 is 0. The van der Waals surface area contributed by atoms with Gasteiger partial charge >= 0.3 is 5.97 Å². The van der Waals surface area contributed by atoms with Crippen molar-refractivity contribution < 1.29 is 24.3 Å². The Bertz CT molecular complexity index is 669. The van der Waals surface area contributed by atoms with Gasteiger partial charge in [-0.25, -0.2) is 4.79 Å². The van der Waals surface area contributed by atoms with Crippen LogP contribution >= 0.6 is 0 Å². The number of hydrogen-bond donors (Lipinski definition) is 4. The van der Waals surface area contributed by atoms with Crippen LogP contribution in [0.1, 0.15) is 73.6 Å². The molecule has 0 aromatic carbocycles. The summed E-state index contributed by atoms with van der Waals surface area (Å²) in [6, 6.07) is -3.26. The summed E-state index contributed by atoms with van der Waals surface area (Å²) in [5.41, 5.74) is 6.06. The van der Waals surface area contributed by atoms with Gasteiger partial charge in [0.25, 0.3) is 0 Å². The molecule has 9 nitrogen and oxygen atoms in total. The third kappa shape index (κ3) is 7.46. The van der Waals surface area contributed by atoms with Gasteiger partial charge in [0.15, 0.2) is 0 Å². The molecule has 0 saturated carbocycles. The summed E-state index contributed by atoms with van der Waals surface area (Å²) in [6.45, 7) is 11.8. The lowest BCUT2D eigenvalue weighted by Crippen LogP contribution is -2.59. The molecule has 5 N–H and O–H groups in total. The zero-order chi connectivity index (χ0) is 24.6. The fourth-order valence-corrected chi connectivity index (χ4v) is 4.00. The number of nitrogens with one attached hydrogen (secondary N) is 2. The highest BCUT2D eigenvalue weighted by Crippen LogP contribution is 2.21. The number of amides is 3. The van der Waals surface area contributed by atoms with E-state index < -0.39 is 42.0 Å². The molecule has 0 radical (unpaired) electrons. The average Bonchev–Trinajstić information content (AvgIpc) is 3.22. The second kappa shape index (κ2) is 12.8. The van der Waals surface area contributed by atoms with Gasteiger partial charge in [0.2, 0.25) is 17.7 Å². The summed E-state index contributed by atoms with van der Waals surface area (Å²) in [7, 11) is 0. The minimum atomic E-state index is -1.10. The van der Waals surface area contributed by atoms with Gasteiger partial charge < -0.3 is 26.4 Å². The van der Waals surface area contributed by atoms with Gasteiger partial charge in [-0.2, -0.15) is 0 Å². The maximum Gasteiger partial charge on any atom is 0.326 e. The molecular formula is C23H42N4O5. The number of aliphatic carboxylic acids is 1. The second-order valence-corrected chi connectivity index (χ2v) is 9.51. The molecule has 6 unspecified atom stereocenters. The maximum atomic E-state index is 13.1. The Hall–Kier alpha value is -2.16. The maximum absolute atomic E-state index is 13.1. The normalized spacial score (nSPS) is 20.9. The smallest absolute Gasteiger partial charge is 0.326 e. The quantitative estimate of drug-likeness (QED) is 0.352. The van der Waals surface area contributed by atoms with Crippen LogP contribution in [0.5, 0.6) is 0 Å². The predicted molar refractivity (Wildman–Crippen MR) is 123 cm³/mol. The fourth-order valence-electron chi connectivity index (χ4n) is 4.00. The molecule has 0 spiro atoms. The Balaban J connectivity index is 2.96. The van der Waals surface area contributed by atoms with E-state index in [-0.39, 0.29) is 23.7 Å². The van der Waals surface area contributed by atoms with Crippen LogP contribution in [0.25, 0.3) is 0 Å². The van der Waals surface area contributed by atoms with Gasteiger partial charge in [0.1, 0.15) is 18.1 Å². The summed E-state index contributed by atoms with van der Waals surface area (Å²) in [5.74, 6) is -2.47. The SMILES string of the molecule is CCC(C)C(NC(=O)C(NC(=O)C1CCCN1C(=O)C(N)CC(C)C)C(C)CC)C(=O)O. The van der Waals surface area contributed by atoms with Crippen molar-refractivity contribution in [3.63, 3.8) is 0 Å². The van der Waals surface area contributed by atoms with Crippen molar-refractivity contribution in [3.05, 3.63) is 0 Å². The highest BCUT2D eigenvalue weighted by atomic mass is 16.4. The summed E-state index contributed by atoms with van der Waals surface area (Å²) in [5, 5.41) is 14.9. The van der Waals surface area contributed by atoms with Gasteiger partial charge in [-0.3, -0.25) is 14.4 Å². The van der Waals surface area contributed by atoms with E-state index in [9.17, 15) is 24.3 Å². The number of carboxylic acid groups (broad SMARTS) is 1. The zero-order valence-electron chi connectivity index (χ0n) is 20.4. The Labute approximate surface area is 191 Å². The number of nitrogens with two attached hydrogens (primary N) is 1. The van der Waals surface area contributed by atoms with Crippen molar-refractivity contribution in [3.8, 4) is 0 Å². The molecule has 184 valence electrons. The molecule has 1 rings (SSSR count). The van der Waals surface area contributed by atoms with Crippen molar-refractivity contribution in [2.75, 3.05) is 6.54 Å². The zero-order valence-corrected chi connectivity index (χ0v) is 20.4. The molecule has 0 bridgehead atoms. The van der Waals surface area contributed by atoms with E-state index in [0.717, 1.165) is 0 Å². The minimum Gasteiger partial charge on any atom is -0.480 e.